The zero-order valence-corrected chi connectivity index (χ0v) is 5.11. The van der Waals surface area contributed by atoms with Crippen LogP contribution in [-0.2, 0) is 6.18 Å². The highest BCUT2D eigenvalue weighted by Gasteiger charge is 2.32. The van der Waals surface area contributed by atoms with Crippen LogP contribution in [0.15, 0.2) is 12.3 Å². The molecule has 0 atom stereocenters. The number of aromatic nitrogens is 1. The fourth-order valence-corrected chi connectivity index (χ4v) is 0.493. The lowest BCUT2D eigenvalue weighted by Crippen LogP contribution is -2.07. The summed E-state index contributed by atoms with van der Waals surface area (Å²) < 4.78 is 47.1. The van der Waals surface area contributed by atoms with Crippen molar-refractivity contribution in [1.82, 2.24) is 4.98 Å². The van der Waals surface area contributed by atoms with Crippen molar-refractivity contribution in [2.75, 3.05) is 0 Å². The van der Waals surface area contributed by atoms with E-state index in [1.807, 2.05) is 0 Å². The molecule has 1 heterocycles. The molecule has 0 amide bonds. The zero-order chi connectivity index (χ0) is 8.48. The molecule has 0 N–H and O–H groups in total. The Bertz CT molecular complexity index is 238. The summed E-state index contributed by atoms with van der Waals surface area (Å²) in [5.74, 6) is -0.835. The predicted molar refractivity (Wildman–Crippen MR) is 28.0 cm³/mol. The average Bonchev–Trinajstić information content (AvgIpc) is 1.86. The van der Waals surface area contributed by atoms with Gasteiger partial charge in [0.25, 0.3) is 0 Å². The topological polar surface area (TPSA) is 12.9 Å². The second kappa shape index (κ2) is 2.48. The molecule has 59 valence electrons. The molecule has 1 nitrogen and oxygen atoms in total. The van der Waals surface area contributed by atoms with Gasteiger partial charge in [0.2, 0.25) is 0 Å². The molecule has 0 saturated heterocycles. The maximum Gasteiger partial charge on any atom is 0.433 e. The lowest BCUT2D eigenvalue weighted by Gasteiger charge is -2.02. The van der Waals surface area contributed by atoms with Crippen molar-refractivity contribution in [2.45, 2.75) is 6.18 Å². The van der Waals surface area contributed by atoms with Crippen LogP contribution in [0.4, 0.5) is 17.6 Å². The van der Waals surface area contributed by atoms with Gasteiger partial charge in [-0.25, -0.2) is 9.37 Å². The fraction of sp³-hybridized carbons (Fsp3) is 0.167. The summed E-state index contributed by atoms with van der Waals surface area (Å²) >= 11 is 0. The Morgan fingerprint density at radius 1 is 1.36 bits per heavy atom. The van der Waals surface area contributed by atoms with Crippen LogP contribution in [0.3, 0.4) is 0 Å². The van der Waals surface area contributed by atoms with Gasteiger partial charge in [-0.05, 0) is 6.07 Å². The van der Waals surface area contributed by atoms with Crippen molar-refractivity contribution < 1.29 is 17.6 Å². The minimum absolute atomic E-state index is 0.499. The van der Waals surface area contributed by atoms with Gasteiger partial charge >= 0.3 is 6.18 Å². The molecule has 1 aromatic heterocycles. The number of hydrogen-bond donors (Lipinski definition) is 0. The largest absolute Gasteiger partial charge is 0.433 e. The van der Waals surface area contributed by atoms with Gasteiger partial charge in [0, 0.05) is 6.07 Å². The predicted octanol–water partition coefficient (Wildman–Crippen LogP) is 2.04. The van der Waals surface area contributed by atoms with Crippen molar-refractivity contribution in [1.29, 1.82) is 0 Å². The van der Waals surface area contributed by atoms with E-state index in [1.165, 1.54) is 0 Å². The molecule has 1 aromatic rings. The number of halogens is 4. The molecule has 0 aliphatic heterocycles. The number of pyridine rings is 1. The van der Waals surface area contributed by atoms with Crippen LogP contribution in [0, 0.1) is 11.9 Å². The zero-order valence-electron chi connectivity index (χ0n) is 5.11. The lowest BCUT2D eigenvalue weighted by atomic mass is 10.3. The number of rotatable bonds is 0. The molecule has 0 bridgehead atoms. The van der Waals surface area contributed by atoms with Crippen LogP contribution < -0.4 is 0 Å². The van der Waals surface area contributed by atoms with Crippen molar-refractivity contribution >= 4 is 0 Å². The lowest BCUT2D eigenvalue weighted by molar-refractivity contribution is -0.141. The Morgan fingerprint density at radius 2 is 2.00 bits per heavy atom. The maximum absolute atomic E-state index is 12.0. The summed E-state index contributed by atoms with van der Waals surface area (Å²) in [4.78, 5) is 2.79. The second-order valence-corrected chi connectivity index (χ2v) is 1.78. The molecule has 11 heavy (non-hydrogen) atoms. The first-order valence-corrected chi connectivity index (χ1v) is 2.60. The summed E-state index contributed by atoms with van der Waals surface area (Å²) in [6.45, 7) is 0. The minimum atomic E-state index is -4.55. The highest BCUT2D eigenvalue weighted by atomic mass is 19.4. The van der Waals surface area contributed by atoms with Crippen LogP contribution in [0.5, 0.6) is 0 Å². The Balaban J connectivity index is 2.99. The van der Waals surface area contributed by atoms with Gasteiger partial charge in [0.05, 0.1) is 6.20 Å². The second-order valence-electron chi connectivity index (χ2n) is 1.78. The molecule has 1 rings (SSSR count). The molecule has 0 aromatic carbocycles. The quantitative estimate of drug-likeness (QED) is 0.534. The van der Waals surface area contributed by atoms with E-state index in [2.05, 4.69) is 4.98 Å². The molecule has 5 heteroatoms. The van der Waals surface area contributed by atoms with Crippen LogP contribution in [-0.4, -0.2) is 4.98 Å². The van der Waals surface area contributed by atoms with Gasteiger partial charge in [-0.1, -0.05) is 0 Å². The third kappa shape index (κ3) is 1.89. The molecule has 0 aliphatic carbocycles. The van der Waals surface area contributed by atoms with Crippen molar-refractivity contribution in [2.24, 2.45) is 0 Å². The Morgan fingerprint density at radius 3 is 2.36 bits per heavy atom. The molecule has 0 unspecified atom stereocenters. The van der Waals surface area contributed by atoms with Crippen molar-refractivity contribution in [3.63, 3.8) is 0 Å². The summed E-state index contributed by atoms with van der Waals surface area (Å²) in [5, 5.41) is 0. The Labute approximate surface area is 59.7 Å². The molecular formula is C6H2F4N. The SMILES string of the molecule is Fc1c[c]c(C(F)(F)F)nc1. The Hall–Kier alpha value is -1.13. The number of hydrogen-bond acceptors (Lipinski definition) is 1. The molecule has 0 fully saturated rings. The van der Waals surface area contributed by atoms with E-state index in [1.54, 1.807) is 6.07 Å². The van der Waals surface area contributed by atoms with Gasteiger partial charge in [0.1, 0.15) is 5.82 Å². The summed E-state index contributed by atoms with van der Waals surface area (Å²) in [6, 6.07) is 2.26. The number of nitrogens with zero attached hydrogens (tertiary/aromatic N) is 1. The average molecular weight is 164 g/mol. The highest BCUT2D eigenvalue weighted by molar-refractivity contribution is 5.06. The molecule has 0 aliphatic rings. The summed E-state index contributed by atoms with van der Waals surface area (Å²) in [6.07, 6.45) is -4.05. The van der Waals surface area contributed by atoms with Crippen LogP contribution >= 0.6 is 0 Å². The van der Waals surface area contributed by atoms with E-state index in [0.29, 0.717) is 12.3 Å². The van der Waals surface area contributed by atoms with Gasteiger partial charge in [0.15, 0.2) is 5.69 Å². The van der Waals surface area contributed by atoms with E-state index in [4.69, 9.17) is 0 Å². The van der Waals surface area contributed by atoms with E-state index in [-0.39, 0.29) is 0 Å². The molecule has 0 spiro atoms. The van der Waals surface area contributed by atoms with E-state index < -0.39 is 17.7 Å². The first-order chi connectivity index (χ1) is 5.00. The minimum Gasteiger partial charge on any atom is -0.248 e. The van der Waals surface area contributed by atoms with Crippen LogP contribution in [0.1, 0.15) is 5.69 Å². The van der Waals surface area contributed by atoms with Crippen molar-refractivity contribution in [3.8, 4) is 0 Å². The molecule has 0 saturated carbocycles. The van der Waals surface area contributed by atoms with E-state index in [9.17, 15) is 17.6 Å². The summed E-state index contributed by atoms with van der Waals surface area (Å²) in [7, 11) is 0. The molecule has 1 radical (unpaired) electrons. The standard InChI is InChI=1S/C6H2F4N/c7-4-1-2-5(11-3-4)6(8,9)10/h1,3H. The van der Waals surface area contributed by atoms with Crippen LogP contribution in [0.25, 0.3) is 0 Å². The van der Waals surface area contributed by atoms with Gasteiger partial charge in [-0.3, -0.25) is 0 Å². The monoisotopic (exact) mass is 164 g/mol. The maximum atomic E-state index is 12.0. The summed E-state index contributed by atoms with van der Waals surface area (Å²) in [5.41, 5.74) is -1.21. The first-order valence-electron chi connectivity index (χ1n) is 2.60. The molecular weight excluding hydrogens is 162 g/mol. The fourth-order valence-electron chi connectivity index (χ4n) is 0.493. The normalized spacial score (nSPS) is 11.6. The Kier molecular flexibility index (Phi) is 1.80. The van der Waals surface area contributed by atoms with Gasteiger partial charge < -0.3 is 0 Å². The van der Waals surface area contributed by atoms with Gasteiger partial charge in [-0.15, -0.1) is 0 Å². The highest BCUT2D eigenvalue weighted by Crippen LogP contribution is 2.26. The number of alkyl halides is 3. The third-order valence-electron chi connectivity index (χ3n) is 0.932. The smallest absolute Gasteiger partial charge is 0.248 e. The van der Waals surface area contributed by atoms with E-state index >= 15 is 0 Å². The van der Waals surface area contributed by atoms with Crippen LogP contribution in [0.2, 0.25) is 0 Å². The first kappa shape index (κ1) is 7.97. The van der Waals surface area contributed by atoms with Crippen molar-refractivity contribution in [3.05, 3.63) is 29.8 Å². The van der Waals surface area contributed by atoms with E-state index in [0.717, 1.165) is 0 Å². The third-order valence-corrected chi connectivity index (χ3v) is 0.932. The van der Waals surface area contributed by atoms with Gasteiger partial charge in [-0.2, -0.15) is 13.2 Å².